The van der Waals surface area contributed by atoms with Crippen LogP contribution in [0.2, 0.25) is 0 Å². The molecule has 0 aliphatic rings. The van der Waals surface area contributed by atoms with Gasteiger partial charge in [0.05, 0.1) is 5.33 Å². The van der Waals surface area contributed by atoms with Gasteiger partial charge in [0.25, 0.3) is 0 Å². The van der Waals surface area contributed by atoms with E-state index in [1.54, 1.807) is 12.1 Å². The summed E-state index contributed by atoms with van der Waals surface area (Å²) in [6.07, 6.45) is 0.423. The number of rotatable bonds is 3. The Morgan fingerprint density at radius 2 is 2.23 bits per heavy atom. The maximum atomic E-state index is 11.1. The number of hydrogen-bond donors (Lipinski definition) is 1. The zero-order chi connectivity index (χ0) is 9.84. The Bertz CT molecular complexity index is 321. The van der Waals surface area contributed by atoms with Crippen molar-refractivity contribution in [2.45, 2.75) is 13.3 Å². The quantitative estimate of drug-likeness (QED) is 0.826. The molecule has 0 heterocycles. The smallest absolute Gasteiger partial charge is 0.147 e. The maximum Gasteiger partial charge on any atom is 0.147 e. The second-order valence-electron chi connectivity index (χ2n) is 2.97. The van der Waals surface area contributed by atoms with Crippen molar-refractivity contribution in [1.29, 1.82) is 0 Å². The van der Waals surface area contributed by atoms with Crippen molar-refractivity contribution in [1.82, 2.24) is 0 Å². The van der Waals surface area contributed by atoms with E-state index < -0.39 is 0 Å². The number of Topliss-reactive ketones (excluding diaryl/α,β-unsaturated/α-hetero) is 1. The number of phenolic OH excluding ortho intramolecular Hbond substituents is 1. The molecule has 0 aliphatic carbocycles. The summed E-state index contributed by atoms with van der Waals surface area (Å²) >= 11 is 3.11. The van der Waals surface area contributed by atoms with Gasteiger partial charge in [-0.15, -0.1) is 0 Å². The largest absolute Gasteiger partial charge is 0.508 e. The third-order valence-electron chi connectivity index (χ3n) is 1.81. The zero-order valence-electron chi connectivity index (χ0n) is 7.38. The Hall–Kier alpha value is -0.830. The molecule has 0 aromatic heterocycles. The average Bonchev–Trinajstić information content (AvgIpc) is 2.11. The van der Waals surface area contributed by atoms with Crippen LogP contribution in [-0.4, -0.2) is 16.2 Å². The Morgan fingerprint density at radius 1 is 1.54 bits per heavy atom. The van der Waals surface area contributed by atoms with E-state index >= 15 is 0 Å². The first-order valence-corrected chi connectivity index (χ1v) is 5.12. The molecule has 0 spiro atoms. The fourth-order valence-electron chi connectivity index (χ4n) is 1.10. The van der Waals surface area contributed by atoms with Gasteiger partial charge in [0.1, 0.15) is 11.5 Å². The summed E-state index contributed by atoms with van der Waals surface area (Å²) < 4.78 is 0. The molecule has 2 nitrogen and oxygen atoms in total. The zero-order valence-corrected chi connectivity index (χ0v) is 8.97. The van der Waals surface area contributed by atoms with Crippen molar-refractivity contribution in [3.8, 4) is 5.75 Å². The second-order valence-corrected chi connectivity index (χ2v) is 3.53. The van der Waals surface area contributed by atoms with Gasteiger partial charge < -0.3 is 5.11 Å². The first kappa shape index (κ1) is 10.3. The van der Waals surface area contributed by atoms with Gasteiger partial charge in [0.2, 0.25) is 0 Å². The van der Waals surface area contributed by atoms with Gasteiger partial charge in [-0.2, -0.15) is 0 Å². The normalized spacial score (nSPS) is 10.0. The van der Waals surface area contributed by atoms with Crippen LogP contribution in [0.25, 0.3) is 0 Å². The van der Waals surface area contributed by atoms with Crippen molar-refractivity contribution in [2.24, 2.45) is 0 Å². The summed E-state index contributed by atoms with van der Waals surface area (Å²) in [5.41, 5.74) is 1.75. The highest BCUT2D eigenvalue weighted by Crippen LogP contribution is 2.17. The molecule has 0 amide bonds. The van der Waals surface area contributed by atoms with E-state index in [-0.39, 0.29) is 11.5 Å². The number of carbonyl (C=O) groups excluding carboxylic acids is 1. The van der Waals surface area contributed by atoms with Crippen molar-refractivity contribution in [3.05, 3.63) is 29.3 Å². The fraction of sp³-hybridized carbons (Fsp3) is 0.300. The molecule has 0 radical (unpaired) electrons. The lowest BCUT2D eigenvalue weighted by atomic mass is 10.1. The van der Waals surface area contributed by atoms with E-state index in [9.17, 15) is 9.90 Å². The lowest BCUT2D eigenvalue weighted by molar-refractivity contribution is -0.115. The number of alkyl halides is 1. The number of hydrogen-bond acceptors (Lipinski definition) is 2. The Morgan fingerprint density at radius 3 is 2.77 bits per heavy atom. The van der Waals surface area contributed by atoms with Crippen LogP contribution in [0.15, 0.2) is 18.2 Å². The van der Waals surface area contributed by atoms with E-state index in [1.807, 2.05) is 13.0 Å². The molecule has 0 bridgehead atoms. The predicted octanol–water partition coefficient (Wildman–Crippen LogP) is 2.21. The fourth-order valence-corrected chi connectivity index (χ4v) is 1.30. The van der Waals surface area contributed by atoms with Crippen LogP contribution in [0.1, 0.15) is 11.1 Å². The van der Waals surface area contributed by atoms with E-state index in [4.69, 9.17) is 0 Å². The summed E-state index contributed by atoms with van der Waals surface area (Å²) in [7, 11) is 0. The number of phenols is 1. The molecule has 0 unspecified atom stereocenters. The first-order chi connectivity index (χ1) is 6.13. The highest BCUT2D eigenvalue weighted by molar-refractivity contribution is 9.09. The maximum absolute atomic E-state index is 11.1. The van der Waals surface area contributed by atoms with Gasteiger partial charge in [0, 0.05) is 6.42 Å². The second kappa shape index (κ2) is 4.42. The minimum Gasteiger partial charge on any atom is -0.508 e. The van der Waals surface area contributed by atoms with Crippen molar-refractivity contribution in [2.75, 3.05) is 5.33 Å². The summed E-state index contributed by atoms with van der Waals surface area (Å²) in [6, 6.07) is 5.21. The molecule has 0 atom stereocenters. The van der Waals surface area contributed by atoms with E-state index in [0.29, 0.717) is 11.8 Å². The number of benzene rings is 1. The number of halogens is 1. The third kappa shape index (κ3) is 2.84. The summed E-state index contributed by atoms with van der Waals surface area (Å²) in [6.45, 7) is 1.82. The molecule has 1 aromatic rings. The highest BCUT2D eigenvalue weighted by atomic mass is 79.9. The molecule has 1 aromatic carbocycles. The molecule has 3 heteroatoms. The van der Waals surface area contributed by atoms with Gasteiger partial charge in [-0.3, -0.25) is 4.79 Å². The van der Waals surface area contributed by atoms with Gasteiger partial charge in [0.15, 0.2) is 0 Å². The number of aryl methyl sites for hydroxylation is 1. The molecule has 0 fully saturated rings. The van der Waals surface area contributed by atoms with E-state index in [2.05, 4.69) is 15.9 Å². The van der Waals surface area contributed by atoms with Crippen LogP contribution >= 0.6 is 15.9 Å². The van der Waals surface area contributed by atoms with Gasteiger partial charge in [-0.25, -0.2) is 0 Å². The minimum atomic E-state index is 0.144. The molecule has 1 N–H and O–H groups in total. The minimum absolute atomic E-state index is 0.144. The molecule has 13 heavy (non-hydrogen) atoms. The Balaban J connectivity index is 2.79. The summed E-state index contributed by atoms with van der Waals surface area (Å²) in [5.74, 6) is 0.417. The molecule has 70 valence electrons. The van der Waals surface area contributed by atoms with Crippen LogP contribution in [0.3, 0.4) is 0 Å². The molecule has 0 saturated heterocycles. The first-order valence-electron chi connectivity index (χ1n) is 3.99. The molecular formula is C10H11BrO2. The highest BCUT2D eigenvalue weighted by Gasteiger charge is 2.03. The number of ketones is 1. The topological polar surface area (TPSA) is 37.3 Å². The summed E-state index contributed by atoms with van der Waals surface area (Å²) in [5, 5.41) is 9.62. The molecule has 0 aliphatic heterocycles. The van der Waals surface area contributed by atoms with Crippen molar-refractivity contribution in [3.63, 3.8) is 0 Å². The number of carbonyl (C=O) groups is 1. The van der Waals surface area contributed by atoms with Crippen LogP contribution in [0.5, 0.6) is 5.75 Å². The lowest BCUT2D eigenvalue weighted by Gasteiger charge is -2.02. The standard InChI is InChI=1S/C10H11BrO2/c1-7-4-8(2-3-10(7)13)5-9(12)6-11/h2-4,13H,5-6H2,1H3. The van der Waals surface area contributed by atoms with Crippen molar-refractivity contribution < 1.29 is 9.90 Å². The molecular weight excluding hydrogens is 232 g/mol. The van der Waals surface area contributed by atoms with Crippen LogP contribution in [0, 0.1) is 6.92 Å². The summed E-state index contributed by atoms with van der Waals surface area (Å²) in [4.78, 5) is 11.1. The van der Waals surface area contributed by atoms with Gasteiger partial charge >= 0.3 is 0 Å². The van der Waals surface area contributed by atoms with Gasteiger partial charge in [-0.05, 0) is 24.1 Å². The Kier molecular flexibility index (Phi) is 3.48. The number of aromatic hydroxyl groups is 1. The van der Waals surface area contributed by atoms with E-state index in [1.165, 1.54) is 0 Å². The molecule has 1 rings (SSSR count). The predicted molar refractivity (Wildman–Crippen MR) is 55.3 cm³/mol. The lowest BCUT2D eigenvalue weighted by Crippen LogP contribution is -2.03. The monoisotopic (exact) mass is 242 g/mol. The van der Waals surface area contributed by atoms with Crippen LogP contribution in [-0.2, 0) is 11.2 Å². The van der Waals surface area contributed by atoms with Gasteiger partial charge in [-0.1, -0.05) is 28.1 Å². The van der Waals surface area contributed by atoms with Crippen molar-refractivity contribution >= 4 is 21.7 Å². The van der Waals surface area contributed by atoms with Crippen LogP contribution in [0.4, 0.5) is 0 Å². The molecule has 0 saturated carbocycles. The van der Waals surface area contributed by atoms with E-state index in [0.717, 1.165) is 11.1 Å². The average molecular weight is 243 g/mol. The van der Waals surface area contributed by atoms with Crippen LogP contribution < -0.4 is 0 Å². The Labute approximate surface area is 85.7 Å². The third-order valence-corrected chi connectivity index (χ3v) is 2.44. The SMILES string of the molecule is Cc1cc(CC(=O)CBr)ccc1O.